The lowest BCUT2D eigenvalue weighted by molar-refractivity contribution is -0.161. The third-order valence-electron chi connectivity index (χ3n) is 17.4. The van der Waals surface area contributed by atoms with Gasteiger partial charge in [0.15, 0.2) is 12.2 Å². The second kappa shape index (κ2) is 66.3. The van der Waals surface area contributed by atoms with Crippen molar-refractivity contribution in [2.24, 2.45) is 5.92 Å². The summed E-state index contributed by atoms with van der Waals surface area (Å²) in [6.45, 7) is 7.26. The summed E-state index contributed by atoms with van der Waals surface area (Å²) in [6.07, 6.45) is 54.3. The Morgan fingerprint density at radius 2 is 0.522 bits per heavy atom. The van der Waals surface area contributed by atoms with Crippen LogP contribution in [0.3, 0.4) is 0 Å². The zero-order valence-corrected chi connectivity index (χ0v) is 61.5. The van der Waals surface area contributed by atoms with E-state index in [4.69, 9.17) is 37.0 Å². The highest BCUT2D eigenvalue weighted by atomic mass is 31.2. The quantitative estimate of drug-likeness (QED) is 0.0222. The molecule has 0 heterocycles. The molecule has 17 nitrogen and oxygen atoms in total. The van der Waals surface area contributed by atoms with Crippen molar-refractivity contribution in [1.82, 2.24) is 0 Å². The summed E-state index contributed by atoms with van der Waals surface area (Å²) in [7, 11) is -9.89. The molecule has 0 amide bonds. The van der Waals surface area contributed by atoms with E-state index in [1.807, 2.05) is 0 Å². The Kier molecular flexibility index (Phi) is 64.9. The van der Waals surface area contributed by atoms with E-state index in [1.54, 1.807) is 0 Å². The Labute approximate surface area is 562 Å². The second-order valence-corrected chi connectivity index (χ2v) is 29.5. The molecule has 0 aromatic rings. The Bertz CT molecular complexity index is 1770. The molecular formula is C73H142O17P2. The van der Waals surface area contributed by atoms with Crippen molar-refractivity contribution in [3.05, 3.63) is 0 Å². The van der Waals surface area contributed by atoms with Crippen LogP contribution in [-0.4, -0.2) is 96.7 Å². The van der Waals surface area contributed by atoms with Crippen molar-refractivity contribution in [3.8, 4) is 0 Å². The van der Waals surface area contributed by atoms with E-state index < -0.39 is 97.5 Å². The molecule has 0 spiro atoms. The molecule has 0 rings (SSSR count). The maximum absolute atomic E-state index is 13.1. The first-order valence-corrected chi connectivity index (χ1v) is 41.2. The molecule has 19 heteroatoms. The minimum atomic E-state index is -4.95. The van der Waals surface area contributed by atoms with Gasteiger partial charge in [-0.05, 0) is 31.6 Å². The number of phosphoric ester groups is 2. The molecule has 546 valence electrons. The Morgan fingerprint density at radius 1 is 0.304 bits per heavy atom. The molecule has 92 heavy (non-hydrogen) atoms. The number of carbonyl (C=O) groups is 4. The minimum Gasteiger partial charge on any atom is -0.462 e. The molecule has 3 unspecified atom stereocenters. The Morgan fingerprint density at radius 3 is 0.772 bits per heavy atom. The molecule has 0 aliphatic heterocycles. The number of phosphoric acid groups is 2. The van der Waals surface area contributed by atoms with E-state index in [1.165, 1.54) is 193 Å². The zero-order chi connectivity index (χ0) is 67.7. The lowest BCUT2D eigenvalue weighted by Crippen LogP contribution is -2.30. The van der Waals surface area contributed by atoms with Crippen molar-refractivity contribution in [2.45, 2.75) is 400 Å². The van der Waals surface area contributed by atoms with E-state index in [2.05, 4.69) is 34.6 Å². The maximum atomic E-state index is 13.1. The number of rotatable bonds is 73. The van der Waals surface area contributed by atoms with Gasteiger partial charge in [-0.2, -0.15) is 0 Å². The van der Waals surface area contributed by atoms with Gasteiger partial charge in [0.2, 0.25) is 0 Å². The molecule has 0 aromatic carbocycles. The third kappa shape index (κ3) is 65.4. The van der Waals surface area contributed by atoms with Crippen LogP contribution in [0.5, 0.6) is 0 Å². The smallest absolute Gasteiger partial charge is 0.462 e. The normalized spacial score (nSPS) is 14.3. The summed E-state index contributed by atoms with van der Waals surface area (Å²) >= 11 is 0. The van der Waals surface area contributed by atoms with Gasteiger partial charge in [0.1, 0.15) is 19.3 Å². The van der Waals surface area contributed by atoms with Crippen LogP contribution in [0, 0.1) is 5.92 Å². The van der Waals surface area contributed by atoms with Crippen molar-refractivity contribution in [2.75, 3.05) is 39.6 Å². The number of unbranched alkanes of at least 4 members (excludes halogenated alkanes) is 44. The number of carbonyl (C=O) groups excluding carboxylic acids is 4. The third-order valence-corrected chi connectivity index (χ3v) is 19.3. The predicted octanol–water partition coefficient (Wildman–Crippen LogP) is 21.3. The zero-order valence-electron chi connectivity index (χ0n) is 59.7. The topological polar surface area (TPSA) is 237 Å². The average Bonchev–Trinajstić information content (AvgIpc) is 1.86. The minimum absolute atomic E-state index is 0.106. The number of aliphatic hydroxyl groups is 1. The van der Waals surface area contributed by atoms with Crippen LogP contribution in [0.25, 0.3) is 0 Å². The highest BCUT2D eigenvalue weighted by Crippen LogP contribution is 2.45. The van der Waals surface area contributed by atoms with E-state index in [0.29, 0.717) is 25.7 Å². The first-order chi connectivity index (χ1) is 44.6. The summed E-state index contributed by atoms with van der Waals surface area (Å²) < 4.78 is 68.2. The molecule has 0 aliphatic carbocycles. The van der Waals surface area contributed by atoms with Crippen LogP contribution in [0.2, 0.25) is 0 Å². The molecule has 0 fully saturated rings. The van der Waals surface area contributed by atoms with E-state index >= 15 is 0 Å². The molecule has 0 aliphatic rings. The summed E-state index contributed by atoms with van der Waals surface area (Å²) in [5.41, 5.74) is 0. The number of ether oxygens (including phenoxy) is 4. The summed E-state index contributed by atoms with van der Waals surface area (Å²) in [4.78, 5) is 72.5. The van der Waals surface area contributed by atoms with E-state index in [0.717, 1.165) is 109 Å². The van der Waals surface area contributed by atoms with Gasteiger partial charge in [0, 0.05) is 25.7 Å². The highest BCUT2D eigenvalue weighted by Gasteiger charge is 2.30. The van der Waals surface area contributed by atoms with Gasteiger partial charge in [-0.25, -0.2) is 9.13 Å². The lowest BCUT2D eigenvalue weighted by atomic mass is 9.99. The summed E-state index contributed by atoms with van der Waals surface area (Å²) in [6, 6.07) is 0. The van der Waals surface area contributed by atoms with Gasteiger partial charge in [0.05, 0.1) is 26.4 Å². The standard InChI is InChI=1S/C73H142O17P2/c1-6-10-13-16-19-21-22-23-24-25-26-27-31-34-38-42-47-52-57-71(76)84-63-69(90-73(78)59-54-49-44-39-35-32-29-28-30-33-37-41-45-50-55-66(5)9-4)65-88-92(81,82)86-61-67(74)60-85-91(79,80)87-64-68(62-83-70(75)56-51-46-40-18-15-12-8-3)89-72(77)58-53-48-43-36-20-17-14-11-7-2/h66-69,74H,6-65H2,1-5H3,(H,79,80)(H,81,82)/t66?,67-,68+,69+/m0/s1. The Hall–Kier alpha value is -1.94. The molecular weight excluding hydrogens is 1210 g/mol. The predicted molar refractivity (Wildman–Crippen MR) is 372 cm³/mol. The van der Waals surface area contributed by atoms with Crippen molar-refractivity contribution < 1.29 is 80.2 Å². The van der Waals surface area contributed by atoms with Crippen LogP contribution >= 0.6 is 15.6 Å². The molecule has 0 saturated carbocycles. The molecule has 3 N–H and O–H groups in total. The number of aliphatic hydroxyl groups excluding tert-OH is 1. The van der Waals surface area contributed by atoms with Crippen LogP contribution in [0.4, 0.5) is 0 Å². The van der Waals surface area contributed by atoms with Crippen molar-refractivity contribution in [1.29, 1.82) is 0 Å². The van der Waals surface area contributed by atoms with Gasteiger partial charge in [-0.15, -0.1) is 0 Å². The van der Waals surface area contributed by atoms with Gasteiger partial charge < -0.3 is 33.8 Å². The number of esters is 4. The highest BCUT2D eigenvalue weighted by molar-refractivity contribution is 7.47. The van der Waals surface area contributed by atoms with E-state index in [-0.39, 0.29) is 25.7 Å². The van der Waals surface area contributed by atoms with Gasteiger partial charge in [-0.3, -0.25) is 37.3 Å². The monoisotopic (exact) mass is 1350 g/mol. The first kappa shape index (κ1) is 90.1. The van der Waals surface area contributed by atoms with Crippen LogP contribution in [0.1, 0.15) is 381 Å². The van der Waals surface area contributed by atoms with Crippen molar-refractivity contribution >= 4 is 39.5 Å². The number of hydrogen-bond donors (Lipinski definition) is 3. The number of hydrogen-bond acceptors (Lipinski definition) is 15. The SMILES string of the molecule is CCCCCCCCCCCCCCCCCCCCC(=O)OC[C@H](COP(=O)(O)OC[C@@H](O)COP(=O)(O)OC[C@@H](COC(=O)CCCCCCCCC)OC(=O)CCCCCCCCCCC)OC(=O)CCCCCCCCCCCCCCCCC(C)CC. The van der Waals surface area contributed by atoms with Gasteiger partial charge in [0.25, 0.3) is 0 Å². The fourth-order valence-corrected chi connectivity index (χ4v) is 12.7. The lowest BCUT2D eigenvalue weighted by Gasteiger charge is -2.21. The molecule has 0 radical (unpaired) electrons. The fraction of sp³-hybridized carbons (Fsp3) is 0.945. The van der Waals surface area contributed by atoms with Crippen LogP contribution in [-0.2, 0) is 65.4 Å². The largest absolute Gasteiger partial charge is 0.472 e. The molecule has 0 bridgehead atoms. The molecule has 0 aromatic heterocycles. The molecule has 6 atom stereocenters. The first-order valence-electron chi connectivity index (χ1n) is 38.2. The second-order valence-electron chi connectivity index (χ2n) is 26.6. The van der Waals surface area contributed by atoms with Crippen LogP contribution < -0.4 is 0 Å². The van der Waals surface area contributed by atoms with E-state index in [9.17, 15) is 43.2 Å². The van der Waals surface area contributed by atoms with Gasteiger partial charge >= 0.3 is 39.5 Å². The average molecular weight is 1350 g/mol. The summed E-state index contributed by atoms with van der Waals surface area (Å²) in [5, 5.41) is 10.6. The molecule has 0 saturated heterocycles. The Balaban J connectivity index is 5.16. The fourth-order valence-electron chi connectivity index (χ4n) is 11.1. The maximum Gasteiger partial charge on any atom is 0.472 e. The van der Waals surface area contributed by atoms with Crippen molar-refractivity contribution in [3.63, 3.8) is 0 Å². The summed E-state index contributed by atoms with van der Waals surface area (Å²) in [5.74, 6) is -1.28. The van der Waals surface area contributed by atoms with Gasteiger partial charge in [-0.1, -0.05) is 330 Å². The van der Waals surface area contributed by atoms with Crippen LogP contribution in [0.15, 0.2) is 0 Å².